The summed E-state index contributed by atoms with van der Waals surface area (Å²) in [7, 11) is 0. The minimum absolute atomic E-state index is 0.108. The molecule has 98 valence electrons. The molecule has 1 unspecified atom stereocenters. The van der Waals surface area contributed by atoms with Crippen LogP contribution in [0.15, 0.2) is 0 Å². The van der Waals surface area contributed by atoms with Crippen LogP contribution in [-0.2, 0) is 9.47 Å². The van der Waals surface area contributed by atoms with Crippen LogP contribution < -0.4 is 0 Å². The average molecular weight is 230 g/mol. The monoisotopic (exact) mass is 230 g/mol. The molecule has 0 aromatic rings. The molecule has 2 heteroatoms. The molecule has 0 saturated carbocycles. The smallest absolute Gasteiger partial charge is 0.0677 e. The van der Waals surface area contributed by atoms with Gasteiger partial charge >= 0.3 is 0 Å². The lowest BCUT2D eigenvalue weighted by Gasteiger charge is -2.43. The molecule has 0 aromatic heterocycles. The summed E-state index contributed by atoms with van der Waals surface area (Å²) in [6.45, 7) is 17.9. The number of hydrogen-bond acceptors (Lipinski definition) is 2. The van der Waals surface area contributed by atoms with Crippen molar-refractivity contribution in [1.29, 1.82) is 0 Å². The van der Waals surface area contributed by atoms with Crippen LogP contribution >= 0.6 is 0 Å². The molecule has 0 rings (SSSR count). The predicted octanol–water partition coefficient (Wildman–Crippen LogP) is 4.03. The fraction of sp³-hybridized carbons (Fsp3) is 1.00. The molecule has 0 aliphatic heterocycles. The topological polar surface area (TPSA) is 18.5 Å². The number of rotatable bonds is 7. The molecule has 2 nitrogen and oxygen atoms in total. The van der Waals surface area contributed by atoms with Crippen molar-refractivity contribution in [3.63, 3.8) is 0 Å². The SMILES string of the molecule is CCOC(C)(C)C(C)(C)CC(C)OC(C)C. The van der Waals surface area contributed by atoms with E-state index in [1.165, 1.54) is 0 Å². The van der Waals surface area contributed by atoms with Crippen LogP contribution in [-0.4, -0.2) is 24.4 Å². The zero-order chi connectivity index (χ0) is 13.0. The van der Waals surface area contributed by atoms with E-state index in [9.17, 15) is 0 Å². The van der Waals surface area contributed by atoms with E-state index in [-0.39, 0.29) is 17.1 Å². The van der Waals surface area contributed by atoms with E-state index in [4.69, 9.17) is 9.47 Å². The van der Waals surface area contributed by atoms with E-state index < -0.39 is 0 Å². The van der Waals surface area contributed by atoms with E-state index in [1.807, 2.05) is 6.92 Å². The highest BCUT2D eigenvalue weighted by Crippen LogP contribution is 2.38. The first kappa shape index (κ1) is 15.9. The van der Waals surface area contributed by atoms with Crippen molar-refractivity contribution >= 4 is 0 Å². The molecular formula is C14H30O2. The van der Waals surface area contributed by atoms with Gasteiger partial charge in [-0.25, -0.2) is 0 Å². The lowest BCUT2D eigenvalue weighted by Crippen LogP contribution is -2.44. The van der Waals surface area contributed by atoms with Crippen molar-refractivity contribution in [1.82, 2.24) is 0 Å². The van der Waals surface area contributed by atoms with Gasteiger partial charge < -0.3 is 9.47 Å². The van der Waals surface area contributed by atoms with Crippen molar-refractivity contribution in [2.75, 3.05) is 6.61 Å². The predicted molar refractivity (Wildman–Crippen MR) is 69.8 cm³/mol. The molecule has 0 aliphatic carbocycles. The van der Waals surface area contributed by atoms with Gasteiger partial charge in [0.05, 0.1) is 17.8 Å². The molecular weight excluding hydrogens is 200 g/mol. The third-order valence-electron chi connectivity index (χ3n) is 3.44. The summed E-state index contributed by atoms with van der Waals surface area (Å²) >= 11 is 0. The molecule has 16 heavy (non-hydrogen) atoms. The Balaban J connectivity index is 4.42. The summed E-state index contributed by atoms with van der Waals surface area (Å²) in [6.07, 6.45) is 1.58. The molecule has 0 heterocycles. The second kappa shape index (κ2) is 6.02. The Hall–Kier alpha value is -0.0800. The van der Waals surface area contributed by atoms with Gasteiger partial charge in [0.2, 0.25) is 0 Å². The van der Waals surface area contributed by atoms with Crippen molar-refractivity contribution in [3.8, 4) is 0 Å². The molecule has 0 radical (unpaired) electrons. The first-order chi connectivity index (χ1) is 7.12. The molecule has 0 saturated heterocycles. The van der Waals surface area contributed by atoms with Gasteiger partial charge in [-0.15, -0.1) is 0 Å². The summed E-state index contributed by atoms with van der Waals surface area (Å²) in [6, 6.07) is 0. The van der Waals surface area contributed by atoms with Crippen LogP contribution in [0.25, 0.3) is 0 Å². The van der Waals surface area contributed by atoms with Gasteiger partial charge in [-0.3, -0.25) is 0 Å². The first-order valence-electron chi connectivity index (χ1n) is 6.42. The third-order valence-corrected chi connectivity index (χ3v) is 3.44. The van der Waals surface area contributed by atoms with Crippen LogP contribution in [0.2, 0.25) is 0 Å². The fourth-order valence-electron chi connectivity index (χ4n) is 2.03. The van der Waals surface area contributed by atoms with Crippen molar-refractivity contribution in [2.45, 2.75) is 79.6 Å². The molecule has 1 atom stereocenters. The number of ether oxygens (including phenoxy) is 2. The molecule has 0 bridgehead atoms. The molecule has 0 aliphatic rings. The Morgan fingerprint density at radius 1 is 1.00 bits per heavy atom. The average Bonchev–Trinajstić information content (AvgIpc) is 1.99. The summed E-state index contributed by atoms with van der Waals surface area (Å²) in [5.74, 6) is 0. The number of hydrogen-bond donors (Lipinski definition) is 0. The first-order valence-corrected chi connectivity index (χ1v) is 6.42. The maximum atomic E-state index is 5.84. The lowest BCUT2D eigenvalue weighted by atomic mass is 9.73. The van der Waals surface area contributed by atoms with E-state index in [2.05, 4.69) is 48.5 Å². The summed E-state index contributed by atoms with van der Waals surface area (Å²) in [4.78, 5) is 0. The van der Waals surface area contributed by atoms with Gasteiger partial charge in [-0.1, -0.05) is 13.8 Å². The highest BCUT2D eigenvalue weighted by molar-refractivity contribution is 4.89. The maximum absolute atomic E-state index is 5.84. The van der Waals surface area contributed by atoms with Crippen LogP contribution in [0, 0.1) is 5.41 Å². The van der Waals surface area contributed by atoms with Crippen molar-refractivity contribution < 1.29 is 9.47 Å². The molecule has 0 amide bonds. The maximum Gasteiger partial charge on any atom is 0.0677 e. The molecule has 0 N–H and O–H groups in total. The van der Waals surface area contributed by atoms with Gasteiger partial charge in [0.15, 0.2) is 0 Å². The van der Waals surface area contributed by atoms with Gasteiger partial charge in [-0.2, -0.15) is 0 Å². The highest BCUT2D eigenvalue weighted by atomic mass is 16.5. The van der Waals surface area contributed by atoms with Crippen LogP contribution in [0.1, 0.15) is 61.8 Å². The van der Waals surface area contributed by atoms with Gasteiger partial charge in [0.1, 0.15) is 0 Å². The van der Waals surface area contributed by atoms with Gasteiger partial charge in [-0.05, 0) is 53.4 Å². The van der Waals surface area contributed by atoms with E-state index >= 15 is 0 Å². The minimum atomic E-state index is -0.115. The summed E-state index contributed by atoms with van der Waals surface area (Å²) in [5, 5.41) is 0. The van der Waals surface area contributed by atoms with E-state index in [1.54, 1.807) is 0 Å². The summed E-state index contributed by atoms with van der Waals surface area (Å²) < 4.78 is 11.6. The quantitative estimate of drug-likeness (QED) is 0.657. The third kappa shape index (κ3) is 4.84. The Labute approximate surface area is 102 Å². The summed E-state index contributed by atoms with van der Waals surface area (Å²) in [5.41, 5.74) is -0.00628. The minimum Gasteiger partial charge on any atom is -0.376 e. The second-order valence-electron chi connectivity index (χ2n) is 6.03. The standard InChI is InChI=1S/C14H30O2/c1-9-15-14(7,8)13(5,6)10-12(4)16-11(2)3/h11-12H,9-10H2,1-8H3. The van der Waals surface area contributed by atoms with E-state index in [0.717, 1.165) is 13.0 Å². The molecule has 0 fully saturated rings. The molecule has 0 aromatic carbocycles. The van der Waals surface area contributed by atoms with Gasteiger partial charge in [0.25, 0.3) is 0 Å². The Morgan fingerprint density at radius 3 is 1.88 bits per heavy atom. The van der Waals surface area contributed by atoms with Crippen molar-refractivity contribution in [2.24, 2.45) is 5.41 Å². The Morgan fingerprint density at radius 2 is 1.50 bits per heavy atom. The van der Waals surface area contributed by atoms with Gasteiger partial charge in [0, 0.05) is 6.61 Å². The lowest BCUT2D eigenvalue weighted by molar-refractivity contribution is -0.116. The fourth-order valence-corrected chi connectivity index (χ4v) is 2.03. The van der Waals surface area contributed by atoms with Crippen LogP contribution in [0.5, 0.6) is 0 Å². The normalized spacial score (nSPS) is 15.6. The zero-order valence-corrected chi connectivity index (χ0v) is 12.4. The van der Waals surface area contributed by atoms with Crippen LogP contribution in [0.4, 0.5) is 0 Å². The van der Waals surface area contributed by atoms with Crippen molar-refractivity contribution in [3.05, 3.63) is 0 Å². The largest absolute Gasteiger partial charge is 0.376 e. The van der Waals surface area contributed by atoms with E-state index in [0.29, 0.717) is 6.10 Å². The Kier molecular flexibility index (Phi) is 5.99. The Bertz CT molecular complexity index is 195. The molecule has 0 spiro atoms. The highest BCUT2D eigenvalue weighted by Gasteiger charge is 2.38. The zero-order valence-electron chi connectivity index (χ0n) is 12.4. The van der Waals surface area contributed by atoms with Crippen LogP contribution in [0.3, 0.4) is 0 Å². The second-order valence-corrected chi connectivity index (χ2v) is 6.03.